The minimum Gasteiger partial charge on any atom is -0.619 e. The number of nitrogens with zero attached hydrogens (tertiary/aromatic N) is 1. The van der Waals surface area contributed by atoms with Crippen molar-refractivity contribution in [1.29, 1.82) is 0 Å². The summed E-state index contributed by atoms with van der Waals surface area (Å²) in [4.78, 5) is 0. The van der Waals surface area contributed by atoms with E-state index in [2.05, 4.69) is 45.0 Å². The number of hydrogen-bond acceptors (Lipinski definition) is 1. The zero-order chi connectivity index (χ0) is 13.9. The third-order valence-corrected chi connectivity index (χ3v) is 3.04. The largest absolute Gasteiger partial charge is 0.619 e. The lowest BCUT2D eigenvalue weighted by Gasteiger charge is -2.18. The summed E-state index contributed by atoms with van der Waals surface area (Å²) in [6.07, 6.45) is 7.00. The van der Waals surface area contributed by atoms with E-state index in [4.69, 9.17) is 0 Å². The van der Waals surface area contributed by atoms with Gasteiger partial charge in [0.15, 0.2) is 12.4 Å². The van der Waals surface area contributed by atoms with Crippen LogP contribution in [0.1, 0.15) is 37.5 Å². The minimum atomic E-state index is 0.176. The normalized spacial score (nSPS) is 11.9. The predicted molar refractivity (Wildman–Crippen MR) is 79.5 cm³/mol. The molecule has 1 aromatic carbocycles. The van der Waals surface area contributed by atoms with Gasteiger partial charge in [-0.2, -0.15) is 4.73 Å². The van der Waals surface area contributed by atoms with Crippen LogP contribution < -0.4 is 4.73 Å². The van der Waals surface area contributed by atoms with Gasteiger partial charge in [0.25, 0.3) is 0 Å². The van der Waals surface area contributed by atoms with Crippen molar-refractivity contribution in [3.8, 4) is 0 Å². The van der Waals surface area contributed by atoms with E-state index in [-0.39, 0.29) is 5.41 Å². The molecule has 0 amide bonds. The summed E-state index contributed by atoms with van der Waals surface area (Å²) in [6.45, 7) is 6.61. The second kappa shape index (κ2) is 5.27. The molecular weight excluding hydrogens is 234 g/mol. The van der Waals surface area contributed by atoms with Gasteiger partial charge in [-0.25, -0.2) is 0 Å². The number of hydrogen-bond donors (Lipinski definition) is 0. The number of rotatable bonds is 2. The molecule has 2 nitrogen and oxygen atoms in total. The van der Waals surface area contributed by atoms with Crippen LogP contribution in [0.25, 0.3) is 12.2 Å². The molecule has 0 saturated heterocycles. The van der Waals surface area contributed by atoms with E-state index in [1.807, 2.05) is 18.2 Å². The SMILES string of the molecule is CC(C)(C)c1ccc(/C=C/c2ccc[n+]([O-])c2)cc1. The highest BCUT2D eigenvalue weighted by atomic mass is 16.5. The highest BCUT2D eigenvalue weighted by molar-refractivity contribution is 5.69. The maximum absolute atomic E-state index is 11.1. The van der Waals surface area contributed by atoms with Gasteiger partial charge >= 0.3 is 0 Å². The van der Waals surface area contributed by atoms with Gasteiger partial charge in [0.2, 0.25) is 0 Å². The summed E-state index contributed by atoms with van der Waals surface area (Å²) in [6, 6.07) is 12.2. The molecule has 0 N–H and O–H groups in total. The first-order chi connectivity index (χ1) is 8.95. The molecule has 0 spiro atoms. The van der Waals surface area contributed by atoms with Gasteiger partial charge in [-0.1, -0.05) is 51.1 Å². The van der Waals surface area contributed by atoms with E-state index in [1.54, 1.807) is 12.3 Å². The quantitative estimate of drug-likeness (QED) is 0.591. The second-order valence-electron chi connectivity index (χ2n) is 5.70. The van der Waals surface area contributed by atoms with Crippen molar-refractivity contribution in [2.24, 2.45) is 0 Å². The summed E-state index contributed by atoms with van der Waals surface area (Å²) in [5, 5.41) is 11.1. The van der Waals surface area contributed by atoms with Crippen LogP contribution in [0.3, 0.4) is 0 Å². The van der Waals surface area contributed by atoms with E-state index in [9.17, 15) is 5.21 Å². The molecule has 98 valence electrons. The Morgan fingerprint density at radius 2 is 1.58 bits per heavy atom. The van der Waals surface area contributed by atoms with Crippen molar-refractivity contribution in [3.05, 3.63) is 70.7 Å². The maximum Gasteiger partial charge on any atom is 0.187 e. The van der Waals surface area contributed by atoms with Gasteiger partial charge in [-0.15, -0.1) is 0 Å². The standard InChI is InChI=1S/C17H19NO/c1-17(2,3)16-10-8-14(9-11-16)6-7-15-5-4-12-18(19)13-15/h4-13H,1-3H3/b7-6+. The molecule has 0 radical (unpaired) electrons. The molecule has 0 aliphatic heterocycles. The summed E-state index contributed by atoms with van der Waals surface area (Å²) in [7, 11) is 0. The first kappa shape index (κ1) is 13.3. The zero-order valence-electron chi connectivity index (χ0n) is 11.6. The van der Waals surface area contributed by atoms with Gasteiger partial charge in [0.1, 0.15) is 0 Å². The first-order valence-corrected chi connectivity index (χ1v) is 6.43. The molecular formula is C17H19NO. The Bertz CT molecular complexity index is 577. The van der Waals surface area contributed by atoms with Crippen molar-refractivity contribution < 1.29 is 4.73 Å². The molecule has 2 heteroatoms. The van der Waals surface area contributed by atoms with Gasteiger partial charge in [-0.05, 0) is 28.7 Å². The Hall–Kier alpha value is -2.09. The fraction of sp³-hybridized carbons (Fsp3) is 0.235. The highest BCUT2D eigenvalue weighted by Crippen LogP contribution is 2.22. The van der Waals surface area contributed by atoms with Gasteiger partial charge in [-0.3, -0.25) is 0 Å². The molecule has 2 rings (SSSR count). The monoisotopic (exact) mass is 253 g/mol. The van der Waals surface area contributed by atoms with Crippen molar-refractivity contribution >= 4 is 12.2 Å². The molecule has 1 aromatic heterocycles. The van der Waals surface area contributed by atoms with E-state index in [0.29, 0.717) is 0 Å². The number of pyridine rings is 1. The van der Waals surface area contributed by atoms with E-state index in [0.717, 1.165) is 15.9 Å². The van der Waals surface area contributed by atoms with Crippen molar-refractivity contribution in [2.45, 2.75) is 26.2 Å². The average molecular weight is 253 g/mol. The molecule has 19 heavy (non-hydrogen) atoms. The molecule has 0 aliphatic carbocycles. The zero-order valence-corrected chi connectivity index (χ0v) is 11.6. The van der Waals surface area contributed by atoms with Crippen LogP contribution in [0, 0.1) is 5.21 Å². The van der Waals surface area contributed by atoms with E-state index < -0.39 is 0 Å². The lowest BCUT2D eigenvalue weighted by Crippen LogP contribution is -2.24. The van der Waals surface area contributed by atoms with Crippen LogP contribution in [0.15, 0.2) is 48.8 Å². The Morgan fingerprint density at radius 3 is 2.16 bits per heavy atom. The second-order valence-corrected chi connectivity index (χ2v) is 5.70. The minimum absolute atomic E-state index is 0.176. The number of aromatic nitrogens is 1. The van der Waals surface area contributed by atoms with Crippen molar-refractivity contribution in [3.63, 3.8) is 0 Å². The molecule has 2 aromatic rings. The Morgan fingerprint density at radius 1 is 0.947 bits per heavy atom. The van der Waals surface area contributed by atoms with Crippen LogP contribution in [-0.2, 0) is 5.41 Å². The highest BCUT2D eigenvalue weighted by Gasteiger charge is 2.12. The lowest BCUT2D eigenvalue weighted by molar-refractivity contribution is -0.605. The smallest absolute Gasteiger partial charge is 0.187 e. The maximum atomic E-state index is 11.1. The van der Waals surface area contributed by atoms with Crippen LogP contribution in [0.2, 0.25) is 0 Å². The number of benzene rings is 1. The van der Waals surface area contributed by atoms with Crippen molar-refractivity contribution in [1.82, 2.24) is 0 Å². The molecule has 0 fully saturated rings. The van der Waals surface area contributed by atoms with Crippen molar-refractivity contribution in [2.75, 3.05) is 0 Å². The molecule has 0 unspecified atom stereocenters. The molecule has 0 aliphatic rings. The van der Waals surface area contributed by atoms with Gasteiger partial charge in [0.05, 0.1) is 0 Å². The predicted octanol–water partition coefficient (Wildman–Crippen LogP) is 3.79. The average Bonchev–Trinajstić information content (AvgIpc) is 2.36. The molecule has 0 atom stereocenters. The third-order valence-electron chi connectivity index (χ3n) is 3.04. The summed E-state index contributed by atoms with van der Waals surface area (Å²) < 4.78 is 0.808. The van der Waals surface area contributed by atoms with Gasteiger partial charge < -0.3 is 5.21 Å². The molecule has 0 saturated carbocycles. The summed E-state index contributed by atoms with van der Waals surface area (Å²) in [5.41, 5.74) is 3.53. The fourth-order valence-electron chi connectivity index (χ4n) is 1.86. The van der Waals surface area contributed by atoms with E-state index >= 15 is 0 Å². The Balaban J connectivity index is 2.16. The summed E-state index contributed by atoms with van der Waals surface area (Å²) in [5.74, 6) is 0. The fourth-order valence-corrected chi connectivity index (χ4v) is 1.86. The van der Waals surface area contributed by atoms with E-state index in [1.165, 1.54) is 11.8 Å². The van der Waals surface area contributed by atoms with Gasteiger partial charge in [0, 0.05) is 11.6 Å². The molecule has 1 heterocycles. The third kappa shape index (κ3) is 3.68. The lowest BCUT2D eigenvalue weighted by atomic mass is 9.87. The molecule has 0 bridgehead atoms. The Kier molecular flexibility index (Phi) is 3.70. The topological polar surface area (TPSA) is 26.9 Å². The Labute approximate surface area is 114 Å². The van der Waals surface area contributed by atoms with Crippen LogP contribution in [-0.4, -0.2) is 0 Å². The summed E-state index contributed by atoms with van der Waals surface area (Å²) >= 11 is 0. The van der Waals surface area contributed by atoms with Crippen LogP contribution in [0.5, 0.6) is 0 Å². The first-order valence-electron chi connectivity index (χ1n) is 6.43. The van der Waals surface area contributed by atoms with Crippen LogP contribution >= 0.6 is 0 Å². The van der Waals surface area contributed by atoms with Crippen LogP contribution in [0.4, 0.5) is 0 Å².